The average molecular weight is 226 g/mol. The van der Waals surface area contributed by atoms with E-state index in [0.29, 0.717) is 12.8 Å². The van der Waals surface area contributed by atoms with Gasteiger partial charge in [-0.15, -0.1) is 0 Å². The molecule has 1 aromatic rings. The first kappa shape index (κ1) is 12.1. The van der Waals surface area contributed by atoms with Gasteiger partial charge in [0.1, 0.15) is 0 Å². The number of amides is 1. The standard InChI is InChI=1S/C12H16ClNO/c1-9(2)14-12(15)8-7-10-5-3-4-6-11(10)13/h3-6,9H,7-8H2,1-2H3,(H,14,15). The van der Waals surface area contributed by atoms with Crippen molar-refractivity contribution in [3.63, 3.8) is 0 Å². The molecule has 3 heteroatoms. The van der Waals surface area contributed by atoms with E-state index in [1.165, 1.54) is 0 Å². The highest BCUT2D eigenvalue weighted by Crippen LogP contribution is 2.16. The Morgan fingerprint density at radius 3 is 2.67 bits per heavy atom. The Balaban J connectivity index is 2.44. The maximum Gasteiger partial charge on any atom is 0.220 e. The van der Waals surface area contributed by atoms with E-state index in [-0.39, 0.29) is 11.9 Å². The topological polar surface area (TPSA) is 29.1 Å². The van der Waals surface area contributed by atoms with Crippen LogP contribution in [-0.4, -0.2) is 11.9 Å². The summed E-state index contributed by atoms with van der Waals surface area (Å²) in [4.78, 5) is 11.4. The van der Waals surface area contributed by atoms with Gasteiger partial charge in [0.05, 0.1) is 0 Å². The van der Waals surface area contributed by atoms with Crippen molar-refractivity contribution in [2.75, 3.05) is 0 Å². The summed E-state index contributed by atoms with van der Waals surface area (Å²) < 4.78 is 0. The Bertz CT molecular complexity index is 336. The molecular formula is C12H16ClNO. The number of hydrogen-bond donors (Lipinski definition) is 1. The summed E-state index contributed by atoms with van der Waals surface area (Å²) in [7, 11) is 0. The monoisotopic (exact) mass is 225 g/mol. The molecule has 15 heavy (non-hydrogen) atoms. The van der Waals surface area contributed by atoms with Gasteiger partial charge in [-0.1, -0.05) is 29.8 Å². The van der Waals surface area contributed by atoms with Gasteiger partial charge in [0.2, 0.25) is 5.91 Å². The first-order valence-corrected chi connectivity index (χ1v) is 5.50. The smallest absolute Gasteiger partial charge is 0.220 e. The number of carbonyl (C=O) groups excluding carboxylic acids is 1. The number of halogens is 1. The van der Waals surface area contributed by atoms with E-state index in [4.69, 9.17) is 11.6 Å². The Hall–Kier alpha value is -1.02. The van der Waals surface area contributed by atoms with E-state index in [2.05, 4.69) is 5.32 Å². The number of rotatable bonds is 4. The van der Waals surface area contributed by atoms with E-state index in [0.717, 1.165) is 10.6 Å². The van der Waals surface area contributed by atoms with Crippen molar-refractivity contribution in [2.24, 2.45) is 0 Å². The molecule has 0 aliphatic carbocycles. The van der Waals surface area contributed by atoms with Crippen LogP contribution in [0.15, 0.2) is 24.3 Å². The SMILES string of the molecule is CC(C)NC(=O)CCc1ccccc1Cl. The van der Waals surface area contributed by atoms with Crippen LogP contribution in [0.1, 0.15) is 25.8 Å². The van der Waals surface area contributed by atoms with Crippen LogP contribution in [0.3, 0.4) is 0 Å². The fourth-order valence-electron chi connectivity index (χ4n) is 1.34. The van der Waals surface area contributed by atoms with E-state index in [9.17, 15) is 4.79 Å². The molecule has 0 fully saturated rings. The Morgan fingerprint density at radius 1 is 1.40 bits per heavy atom. The van der Waals surface area contributed by atoms with Gasteiger partial charge in [-0.25, -0.2) is 0 Å². The van der Waals surface area contributed by atoms with E-state index in [1.54, 1.807) is 0 Å². The van der Waals surface area contributed by atoms with Gasteiger partial charge in [0.15, 0.2) is 0 Å². The summed E-state index contributed by atoms with van der Waals surface area (Å²) in [6.07, 6.45) is 1.18. The fourth-order valence-corrected chi connectivity index (χ4v) is 1.57. The Morgan fingerprint density at radius 2 is 2.07 bits per heavy atom. The lowest BCUT2D eigenvalue weighted by Gasteiger charge is -2.08. The number of hydrogen-bond acceptors (Lipinski definition) is 1. The Labute approximate surface area is 95.6 Å². The molecule has 1 rings (SSSR count). The molecule has 1 amide bonds. The predicted octanol–water partition coefficient (Wildman–Crippen LogP) is 2.80. The van der Waals surface area contributed by atoms with Gasteiger partial charge in [0, 0.05) is 17.5 Å². The first-order chi connectivity index (χ1) is 7.09. The largest absolute Gasteiger partial charge is 0.354 e. The van der Waals surface area contributed by atoms with Crippen molar-refractivity contribution in [1.82, 2.24) is 5.32 Å². The molecule has 0 spiro atoms. The van der Waals surface area contributed by atoms with Crippen LogP contribution in [0.4, 0.5) is 0 Å². The predicted molar refractivity (Wildman–Crippen MR) is 63.1 cm³/mol. The molecule has 0 heterocycles. The maximum atomic E-state index is 11.4. The number of carbonyl (C=O) groups is 1. The van der Waals surface area contributed by atoms with Gasteiger partial charge in [-0.05, 0) is 31.9 Å². The van der Waals surface area contributed by atoms with E-state index >= 15 is 0 Å². The summed E-state index contributed by atoms with van der Waals surface area (Å²) in [6, 6.07) is 7.81. The van der Waals surface area contributed by atoms with Gasteiger partial charge >= 0.3 is 0 Å². The lowest BCUT2D eigenvalue weighted by molar-refractivity contribution is -0.121. The summed E-state index contributed by atoms with van der Waals surface area (Å²) in [5.41, 5.74) is 1.03. The van der Waals surface area contributed by atoms with Gasteiger partial charge in [0.25, 0.3) is 0 Å². The number of nitrogens with one attached hydrogen (secondary N) is 1. The zero-order valence-corrected chi connectivity index (χ0v) is 9.84. The molecule has 0 saturated heterocycles. The van der Waals surface area contributed by atoms with Crippen LogP contribution in [0.2, 0.25) is 5.02 Å². The van der Waals surface area contributed by atoms with Crippen LogP contribution in [0, 0.1) is 0 Å². The highest BCUT2D eigenvalue weighted by atomic mass is 35.5. The van der Waals surface area contributed by atoms with Gasteiger partial charge in [-0.2, -0.15) is 0 Å². The molecule has 82 valence electrons. The second-order valence-corrected chi connectivity index (χ2v) is 4.22. The molecule has 1 aromatic carbocycles. The highest BCUT2D eigenvalue weighted by Gasteiger charge is 2.05. The third kappa shape index (κ3) is 4.34. The normalized spacial score (nSPS) is 10.4. The third-order valence-electron chi connectivity index (χ3n) is 2.03. The minimum absolute atomic E-state index is 0.0740. The molecule has 0 aliphatic heterocycles. The zero-order chi connectivity index (χ0) is 11.3. The second-order valence-electron chi connectivity index (χ2n) is 3.81. The van der Waals surface area contributed by atoms with Crippen LogP contribution in [0.5, 0.6) is 0 Å². The molecule has 0 aliphatic rings. The van der Waals surface area contributed by atoms with Crippen molar-refractivity contribution in [3.8, 4) is 0 Å². The van der Waals surface area contributed by atoms with Crippen molar-refractivity contribution >= 4 is 17.5 Å². The summed E-state index contributed by atoms with van der Waals surface area (Å²) >= 11 is 5.98. The molecular weight excluding hydrogens is 210 g/mol. The summed E-state index contributed by atoms with van der Waals surface area (Å²) in [5, 5.41) is 3.58. The minimum Gasteiger partial charge on any atom is -0.354 e. The first-order valence-electron chi connectivity index (χ1n) is 5.12. The van der Waals surface area contributed by atoms with Crippen LogP contribution < -0.4 is 5.32 Å². The van der Waals surface area contributed by atoms with Gasteiger partial charge in [-0.3, -0.25) is 4.79 Å². The van der Waals surface area contributed by atoms with Crippen LogP contribution >= 0.6 is 11.6 Å². The van der Waals surface area contributed by atoms with Crippen molar-refractivity contribution in [3.05, 3.63) is 34.9 Å². The maximum absolute atomic E-state index is 11.4. The molecule has 2 nitrogen and oxygen atoms in total. The van der Waals surface area contributed by atoms with Crippen molar-refractivity contribution in [2.45, 2.75) is 32.7 Å². The highest BCUT2D eigenvalue weighted by molar-refractivity contribution is 6.31. The quantitative estimate of drug-likeness (QED) is 0.839. The summed E-state index contributed by atoms with van der Waals surface area (Å²) in [5.74, 6) is 0.0740. The molecule has 1 N–H and O–H groups in total. The van der Waals surface area contributed by atoms with E-state index < -0.39 is 0 Å². The van der Waals surface area contributed by atoms with Gasteiger partial charge < -0.3 is 5.32 Å². The molecule has 0 radical (unpaired) electrons. The summed E-state index contributed by atoms with van der Waals surface area (Å²) in [6.45, 7) is 3.90. The lowest BCUT2D eigenvalue weighted by atomic mass is 10.1. The van der Waals surface area contributed by atoms with Crippen molar-refractivity contribution in [1.29, 1.82) is 0 Å². The zero-order valence-electron chi connectivity index (χ0n) is 9.09. The second kappa shape index (κ2) is 5.76. The molecule has 0 unspecified atom stereocenters. The molecule has 0 bridgehead atoms. The Kier molecular flexibility index (Phi) is 4.63. The fraction of sp³-hybridized carbons (Fsp3) is 0.417. The minimum atomic E-state index is 0.0740. The van der Waals surface area contributed by atoms with Crippen LogP contribution in [-0.2, 0) is 11.2 Å². The van der Waals surface area contributed by atoms with E-state index in [1.807, 2.05) is 38.1 Å². The lowest BCUT2D eigenvalue weighted by Crippen LogP contribution is -2.30. The number of benzene rings is 1. The average Bonchev–Trinajstić information content (AvgIpc) is 2.15. The molecule has 0 saturated carbocycles. The van der Waals surface area contributed by atoms with Crippen LogP contribution in [0.25, 0.3) is 0 Å². The molecule has 0 aromatic heterocycles. The third-order valence-corrected chi connectivity index (χ3v) is 2.40. The van der Waals surface area contributed by atoms with Crippen molar-refractivity contribution < 1.29 is 4.79 Å². The number of aryl methyl sites for hydroxylation is 1. The molecule has 0 atom stereocenters.